The molecule has 0 aliphatic rings. The van der Waals surface area contributed by atoms with E-state index in [2.05, 4.69) is 52.6 Å². The lowest BCUT2D eigenvalue weighted by molar-refractivity contribution is 0.295. The minimum Gasteiger partial charge on any atom is -0.377 e. The van der Waals surface area contributed by atoms with E-state index in [0.29, 0.717) is 0 Å². The third-order valence-corrected chi connectivity index (χ3v) is 1.64. The van der Waals surface area contributed by atoms with E-state index in [9.17, 15) is 0 Å². The monoisotopic (exact) mass is 183 g/mol. The highest BCUT2D eigenvalue weighted by Crippen LogP contribution is 2.06. The Bertz CT molecular complexity index is 143. The van der Waals surface area contributed by atoms with Crippen molar-refractivity contribution >= 4 is 0 Å². The molecule has 0 aromatic rings. The molecule has 0 unspecified atom stereocenters. The van der Waals surface area contributed by atoms with Crippen molar-refractivity contribution in [2.45, 2.75) is 41.5 Å². The number of hydrogen-bond acceptors (Lipinski definition) is 1. The Morgan fingerprint density at radius 3 is 1.62 bits per heavy atom. The van der Waals surface area contributed by atoms with Crippen LogP contribution in [0.3, 0.4) is 0 Å². The third kappa shape index (κ3) is 7.89. The molecule has 0 rings (SSSR count). The normalized spacial score (nSPS) is 10.8. The van der Waals surface area contributed by atoms with Gasteiger partial charge in [0.1, 0.15) is 0 Å². The molecule has 13 heavy (non-hydrogen) atoms. The summed E-state index contributed by atoms with van der Waals surface area (Å²) < 4.78 is 0. The number of rotatable bonds is 5. The Labute approximate surface area is 83.8 Å². The maximum Gasteiger partial charge on any atom is 0.0195 e. The van der Waals surface area contributed by atoms with E-state index < -0.39 is 0 Å². The molecular formula is C12H25N. The van der Waals surface area contributed by atoms with Gasteiger partial charge >= 0.3 is 0 Å². The zero-order valence-electron chi connectivity index (χ0n) is 10.1. The second-order valence-corrected chi connectivity index (χ2v) is 4.95. The van der Waals surface area contributed by atoms with Crippen molar-refractivity contribution in [2.75, 3.05) is 13.1 Å². The molecule has 0 heterocycles. The molecule has 0 saturated heterocycles. The van der Waals surface area contributed by atoms with E-state index in [0.717, 1.165) is 11.8 Å². The van der Waals surface area contributed by atoms with E-state index in [1.54, 1.807) is 0 Å². The lowest BCUT2D eigenvalue weighted by Crippen LogP contribution is -2.26. The van der Waals surface area contributed by atoms with Gasteiger partial charge in [0.05, 0.1) is 0 Å². The van der Waals surface area contributed by atoms with Crippen molar-refractivity contribution in [1.29, 1.82) is 0 Å². The largest absolute Gasteiger partial charge is 0.377 e. The molecule has 0 spiro atoms. The molecule has 0 aliphatic heterocycles. The predicted molar refractivity (Wildman–Crippen MR) is 60.7 cm³/mol. The smallest absolute Gasteiger partial charge is 0.0195 e. The zero-order chi connectivity index (χ0) is 10.4. The Hall–Kier alpha value is -0.460. The zero-order valence-corrected chi connectivity index (χ0v) is 10.1. The summed E-state index contributed by atoms with van der Waals surface area (Å²) in [6.45, 7) is 15.7. The fraction of sp³-hybridized carbons (Fsp3) is 0.833. The molecule has 0 aromatic heterocycles. The van der Waals surface area contributed by atoms with Gasteiger partial charge < -0.3 is 4.90 Å². The first kappa shape index (κ1) is 12.5. The Kier molecular flexibility index (Phi) is 5.85. The molecule has 0 N–H and O–H groups in total. The molecule has 1 heteroatoms. The second kappa shape index (κ2) is 6.06. The van der Waals surface area contributed by atoms with Crippen LogP contribution in [0.15, 0.2) is 11.8 Å². The maximum absolute atomic E-state index is 2.44. The van der Waals surface area contributed by atoms with E-state index in [4.69, 9.17) is 0 Å². The Morgan fingerprint density at radius 1 is 1.00 bits per heavy atom. The fourth-order valence-corrected chi connectivity index (χ4v) is 1.48. The van der Waals surface area contributed by atoms with Gasteiger partial charge in [-0.1, -0.05) is 33.3 Å². The molecule has 0 atom stereocenters. The molecule has 78 valence electrons. The van der Waals surface area contributed by atoms with Crippen LogP contribution < -0.4 is 0 Å². The van der Waals surface area contributed by atoms with Crippen molar-refractivity contribution in [3.05, 3.63) is 11.8 Å². The molecule has 0 aliphatic carbocycles. The fourth-order valence-electron chi connectivity index (χ4n) is 1.48. The topological polar surface area (TPSA) is 3.24 Å². The van der Waals surface area contributed by atoms with Gasteiger partial charge in [0.2, 0.25) is 0 Å². The van der Waals surface area contributed by atoms with Crippen LogP contribution in [0, 0.1) is 11.8 Å². The van der Waals surface area contributed by atoms with Gasteiger partial charge in [-0.25, -0.2) is 0 Å². The average Bonchev–Trinajstić information content (AvgIpc) is 1.80. The van der Waals surface area contributed by atoms with Crippen molar-refractivity contribution in [3.8, 4) is 0 Å². The summed E-state index contributed by atoms with van der Waals surface area (Å²) in [6, 6.07) is 0. The van der Waals surface area contributed by atoms with Crippen LogP contribution in [-0.4, -0.2) is 18.0 Å². The highest BCUT2D eigenvalue weighted by atomic mass is 15.1. The van der Waals surface area contributed by atoms with Gasteiger partial charge in [-0.15, -0.1) is 0 Å². The lowest BCUT2D eigenvalue weighted by atomic mass is 10.1. The van der Waals surface area contributed by atoms with E-state index in [-0.39, 0.29) is 0 Å². The minimum atomic E-state index is 0.745. The van der Waals surface area contributed by atoms with E-state index in [1.165, 1.54) is 18.7 Å². The number of nitrogens with zero attached hydrogens (tertiary/aromatic N) is 1. The summed E-state index contributed by atoms with van der Waals surface area (Å²) in [7, 11) is 0. The summed E-state index contributed by atoms with van der Waals surface area (Å²) in [5.74, 6) is 1.49. The van der Waals surface area contributed by atoms with E-state index >= 15 is 0 Å². The molecule has 0 aromatic carbocycles. The Morgan fingerprint density at radius 2 is 1.38 bits per heavy atom. The summed E-state index contributed by atoms with van der Waals surface area (Å²) in [4.78, 5) is 2.44. The molecule has 0 amide bonds. The number of allylic oxidation sites excluding steroid dienone is 1. The first-order valence-corrected chi connectivity index (χ1v) is 5.31. The first-order valence-electron chi connectivity index (χ1n) is 5.31. The quantitative estimate of drug-likeness (QED) is 0.630. The van der Waals surface area contributed by atoms with Crippen molar-refractivity contribution in [3.63, 3.8) is 0 Å². The summed E-state index contributed by atoms with van der Waals surface area (Å²) in [5, 5.41) is 0. The SMILES string of the molecule is CC(C)=CN(CC(C)C)CC(C)C. The first-order chi connectivity index (χ1) is 5.91. The highest BCUT2D eigenvalue weighted by molar-refractivity contribution is 4.93. The van der Waals surface area contributed by atoms with Crippen LogP contribution in [0.1, 0.15) is 41.5 Å². The average molecular weight is 183 g/mol. The molecule has 0 bridgehead atoms. The highest BCUT2D eigenvalue weighted by Gasteiger charge is 2.04. The minimum absolute atomic E-state index is 0.745. The van der Waals surface area contributed by atoms with Gasteiger partial charge in [-0.2, -0.15) is 0 Å². The predicted octanol–water partition coefficient (Wildman–Crippen LogP) is 3.52. The summed E-state index contributed by atoms with van der Waals surface area (Å²) in [5.41, 5.74) is 1.39. The van der Waals surface area contributed by atoms with Crippen LogP contribution in [0.4, 0.5) is 0 Å². The van der Waals surface area contributed by atoms with Crippen LogP contribution in [-0.2, 0) is 0 Å². The maximum atomic E-state index is 2.44. The van der Waals surface area contributed by atoms with Crippen molar-refractivity contribution in [2.24, 2.45) is 11.8 Å². The molecule has 0 saturated carbocycles. The second-order valence-electron chi connectivity index (χ2n) is 4.95. The summed E-state index contributed by atoms with van der Waals surface area (Å²) >= 11 is 0. The van der Waals surface area contributed by atoms with Crippen LogP contribution >= 0.6 is 0 Å². The van der Waals surface area contributed by atoms with Gasteiger partial charge in [-0.3, -0.25) is 0 Å². The molecule has 0 radical (unpaired) electrons. The third-order valence-electron chi connectivity index (χ3n) is 1.64. The van der Waals surface area contributed by atoms with Gasteiger partial charge in [0, 0.05) is 13.1 Å². The van der Waals surface area contributed by atoms with Crippen molar-refractivity contribution < 1.29 is 0 Å². The Balaban J connectivity index is 4.11. The van der Waals surface area contributed by atoms with E-state index in [1.807, 2.05) is 0 Å². The lowest BCUT2D eigenvalue weighted by Gasteiger charge is -2.25. The standard InChI is InChI=1S/C12H25N/c1-10(2)7-13(8-11(3)4)9-12(5)6/h7,11-12H,8-9H2,1-6H3. The van der Waals surface area contributed by atoms with Crippen LogP contribution in [0.5, 0.6) is 0 Å². The van der Waals surface area contributed by atoms with Crippen molar-refractivity contribution in [1.82, 2.24) is 4.90 Å². The van der Waals surface area contributed by atoms with Crippen LogP contribution in [0.2, 0.25) is 0 Å². The number of hydrogen-bond donors (Lipinski definition) is 0. The molecule has 0 fully saturated rings. The van der Waals surface area contributed by atoms with Gasteiger partial charge in [0.25, 0.3) is 0 Å². The molecule has 1 nitrogen and oxygen atoms in total. The van der Waals surface area contributed by atoms with Crippen LogP contribution in [0.25, 0.3) is 0 Å². The van der Waals surface area contributed by atoms with Gasteiger partial charge in [-0.05, 0) is 31.9 Å². The summed E-state index contributed by atoms with van der Waals surface area (Å²) in [6.07, 6.45) is 2.28. The van der Waals surface area contributed by atoms with Gasteiger partial charge in [0.15, 0.2) is 0 Å². The molecular weight excluding hydrogens is 158 g/mol.